The lowest BCUT2D eigenvalue weighted by Crippen LogP contribution is -1.91. The quantitative estimate of drug-likeness (QED) is 0.619. The summed E-state index contributed by atoms with van der Waals surface area (Å²) in [4.78, 5) is 10.5. The standard InChI is InChI=1S/C8H6ClIO2/c1-12-8-3-7(10)6(9)2-5(8)4-11/h2-4H,1H3. The number of aldehydes is 1. The third-order valence-electron chi connectivity index (χ3n) is 1.40. The molecule has 0 aromatic heterocycles. The lowest BCUT2D eigenvalue weighted by atomic mass is 10.2. The molecule has 0 saturated carbocycles. The summed E-state index contributed by atoms with van der Waals surface area (Å²) in [6, 6.07) is 3.32. The topological polar surface area (TPSA) is 26.3 Å². The number of ether oxygens (including phenoxy) is 1. The Morgan fingerprint density at radius 1 is 1.58 bits per heavy atom. The van der Waals surface area contributed by atoms with E-state index in [2.05, 4.69) is 22.6 Å². The zero-order chi connectivity index (χ0) is 9.14. The molecule has 1 aromatic rings. The maximum atomic E-state index is 10.5. The van der Waals surface area contributed by atoms with Crippen molar-refractivity contribution >= 4 is 40.5 Å². The Bertz CT molecular complexity index is 312. The lowest BCUT2D eigenvalue weighted by molar-refractivity contribution is 0.112. The van der Waals surface area contributed by atoms with Crippen molar-refractivity contribution in [3.05, 3.63) is 26.3 Å². The Kier molecular flexibility index (Phi) is 3.34. The normalized spacial score (nSPS) is 9.58. The second kappa shape index (κ2) is 4.09. The van der Waals surface area contributed by atoms with Crippen LogP contribution in [0.1, 0.15) is 10.4 Å². The molecule has 0 heterocycles. The Labute approximate surface area is 89.0 Å². The first kappa shape index (κ1) is 9.80. The molecule has 1 aromatic carbocycles. The first-order valence-corrected chi connectivity index (χ1v) is 4.63. The van der Waals surface area contributed by atoms with Gasteiger partial charge in [0, 0.05) is 3.57 Å². The molecule has 4 heteroatoms. The summed E-state index contributed by atoms with van der Waals surface area (Å²) in [7, 11) is 1.52. The van der Waals surface area contributed by atoms with E-state index >= 15 is 0 Å². The van der Waals surface area contributed by atoms with E-state index in [4.69, 9.17) is 16.3 Å². The highest BCUT2D eigenvalue weighted by atomic mass is 127. The number of hydrogen-bond donors (Lipinski definition) is 0. The summed E-state index contributed by atoms with van der Waals surface area (Å²) >= 11 is 7.88. The van der Waals surface area contributed by atoms with Gasteiger partial charge in [0.25, 0.3) is 0 Å². The van der Waals surface area contributed by atoms with Gasteiger partial charge in [-0.1, -0.05) is 11.6 Å². The van der Waals surface area contributed by atoms with Crippen molar-refractivity contribution in [1.29, 1.82) is 0 Å². The van der Waals surface area contributed by atoms with Crippen LogP contribution in [0.3, 0.4) is 0 Å². The number of halogens is 2. The SMILES string of the molecule is COc1cc(I)c(Cl)cc1C=O. The van der Waals surface area contributed by atoms with Crippen molar-refractivity contribution in [2.45, 2.75) is 0 Å². The molecule has 0 unspecified atom stereocenters. The molecule has 0 aliphatic heterocycles. The van der Waals surface area contributed by atoms with Crippen molar-refractivity contribution in [2.75, 3.05) is 7.11 Å². The van der Waals surface area contributed by atoms with Crippen molar-refractivity contribution in [2.24, 2.45) is 0 Å². The first-order chi connectivity index (χ1) is 5.69. The molecule has 0 aliphatic carbocycles. The van der Waals surface area contributed by atoms with Crippen LogP contribution in [0.4, 0.5) is 0 Å². The number of benzene rings is 1. The maximum Gasteiger partial charge on any atom is 0.153 e. The molecule has 0 atom stereocenters. The van der Waals surface area contributed by atoms with Crippen LogP contribution in [-0.2, 0) is 0 Å². The number of methoxy groups -OCH3 is 1. The third-order valence-corrected chi connectivity index (χ3v) is 2.92. The molecule has 0 aliphatic rings. The summed E-state index contributed by atoms with van der Waals surface area (Å²) in [5.74, 6) is 0.554. The van der Waals surface area contributed by atoms with E-state index in [-0.39, 0.29) is 0 Å². The fraction of sp³-hybridized carbons (Fsp3) is 0.125. The molecule has 0 radical (unpaired) electrons. The van der Waals surface area contributed by atoms with E-state index in [1.807, 2.05) is 0 Å². The molecular weight excluding hydrogens is 290 g/mol. The second-order valence-electron chi connectivity index (χ2n) is 2.13. The summed E-state index contributed by atoms with van der Waals surface area (Å²) in [6.45, 7) is 0. The molecular formula is C8H6ClIO2. The van der Waals surface area contributed by atoms with E-state index in [0.29, 0.717) is 16.3 Å². The van der Waals surface area contributed by atoms with Crippen LogP contribution in [-0.4, -0.2) is 13.4 Å². The molecule has 64 valence electrons. The third kappa shape index (κ3) is 1.90. The summed E-state index contributed by atoms with van der Waals surface area (Å²) in [5, 5.41) is 0.568. The highest BCUT2D eigenvalue weighted by Gasteiger charge is 2.05. The first-order valence-electron chi connectivity index (χ1n) is 3.17. The van der Waals surface area contributed by atoms with Crippen molar-refractivity contribution < 1.29 is 9.53 Å². The number of carbonyl (C=O) groups is 1. The van der Waals surface area contributed by atoms with Gasteiger partial charge in [-0.2, -0.15) is 0 Å². The fourth-order valence-electron chi connectivity index (χ4n) is 0.813. The molecule has 1 rings (SSSR count). The average Bonchev–Trinajstić information content (AvgIpc) is 2.09. The Balaban J connectivity index is 3.28. The number of carbonyl (C=O) groups excluding carboxylic acids is 1. The minimum absolute atomic E-state index is 0.475. The summed E-state index contributed by atoms with van der Waals surface area (Å²) < 4.78 is 5.85. The smallest absolute Gasteiger partial charge is 0.153 e. The average molecular weight is 296 g/mol. The zero-order valence-electron chi connectivity index (χ0n) is 6.30. The van der Waals surface area contributed by atoms with Gasteiger partial charge in [0.1, 0.15) is 5.75 Å². The molecule has 12 heavy (non-hydrogen) atoms. The minimum atomic E-state index is 0.475. The number of rotatable bonds is 2. The largest absolute Gasteiger partial charge is 0.496 e. The molecule has 0 fully saturated rings. The van der Waals surface area contributed by atoms with Crippen LogP contribution in [0.5, 0.6) is 5.75 Å². The van der Waals surface area contributed by atoms with Gasteiger partial charge in [-0.3, -0.25) is 4.79 Å². The van der Waals surface area contributed by atoms with Gasteiger partial charge in [0.15, 0.2) is 6.29 Å². The molecule has 2 nitrogen and oxygen atoms in total. The molecule has 0 N–H and O–H groups in total. The predicted octanol–water partition coefficient (Wildman–Crippen LogP) is 2.77. The van der Waals surface area contributed by atoms with Gasteiger partial charge < -0.3 is 4.74 Å². The van der Waals surface area contributed by atoms with Gasteiger partial charge in [-0.25, -0.2) is 0 Å². The van der Waals surface area contributed by atoms with Crippen LogP contribution in [0, 0.1) is 3.57 Å². The molecule has 0 spiro atoms. The van der Waals surface area contributed by atoms with E-state index < -0.39 is 0 Å². The Morgan fingerprint density at radius 2 is 2.25 bits per heavy atom. The van der Waals surface area contributed by atoms with Crippen LogP contribution in [0.2, 0.25) is 5.02 Å². The van der Waals surface area contributed by atoms with Gasteiger partial charge in [0.05, 0.1) is 17.7 Å². The zero-order valence-corrected chi connectivity index (χ0v) is 9.22. The van der Waals surface area contributed by atoms with Gasteiger partial charge in [-0.15, -0.1) is 0 Å². The van der Waals surface area contributed by atoms with E-state index in [1.165, 1.54) is 7.11 Å². The Morgan fingerprint density at radius 3 is 2.75 bits per heavy atom. The molecule has 0 bridgehead atoms. The summed E-state index contributed by atoms with van der Waals surface area (Å²) in [5.41, 5.74) is 0.475. The molecule has 0 amide bonds. The van der Waals surface area contributed by atoms with Crippen molar-refractivity contribution in [3.8, 4) is 5.75 Å². The second-order valence-corrected chi connectivity index (χ2v) is 3.70. The fourth-order valence-corrected chi connectivity index (χ4v) is 1.42. The van der Waals surface area contributed by atoms with Crippen LogP contribution < -0.4 is 4.74 Å². The van der Waals surface area contributed by atoms with Crippen molar-refractivity contribution in [1.82, 2.24) is 0 Å². The van der Waals surface area contributed by atoms with Crippen LogP contribution >= 0.6 is 34.2 Å². The highest BCUT2D eigenvalue weighted by Crippen LogP contribution is 2.26. The van der Waals surface area contributed by atoms with Gasteiger partial charge in [-0.05, 0) is 34.7 Å². The minimum Gasteiger partial charge on any atom is -0.496 e. The van der Waals surface area contributed by atoms with E-state index in [0.717, 1.165) is 9.86 Å². The van der Waals surface area contributed by atoms with E-state index in [9.17, 15) is 4.79 Å². The maximum absolute atomic E-state index is 10.5. The Hall–Kier alpha value is -0.290. The van der Waals surface area contributed by atoms with Crippen LogP contribution in [0.25, 0.3) is 0 Å². The number of hydrogen-bond acceptors (Lipinski definition) is 2. The van der Waals surface area contributed by atoms with Gasteiger partial charge in [0.2, 0.25) is 0 Å². The van der Waals surface area contributed by atoms with Gasteiger partial charge >= 0.3 is 0 Å². The molecule has 0 saturated heterocycles. The predicted molar refractivity (Wildman–Crippen MR) is 56.1 cm³/mol. The van der Waals surface area contributed by atoms with Crippen LogP contribution in [0.15, 0.2) is 12.1 Å². The summed E-state index contributed by atoms with van der Waals surface area (Å²) in [6.07, 6.45) is 0.723. The lowest BCUT2D eigenvalue weighted by Gasteiger charge is -2.04. The van der Waals surface area contributed by atoms with Crippen molar-refractivity contribution in [3.63, 3.8) is 0 Å². The monoisotopic (exact) mass is 296 g/mol. The van der Waals surface area contributed by atoms with E-state index in [1.54, 1.807) is 12.1 Å². The highest BCUT2D eigenvalue weighted by molar-refractivity contribution is 14.1.